The fraction of sp³-hybridized carbons (Fsp3) is 0.917. The van der Waals surface area contributed by atoms with Crippen molar-refractivity contribution in [3.8, 4) is 0 Å². The summed E-state index contributed by atoms with van der Waals surface area (Å²) >= 11 is 0. The van der Waals surface area contributed by atoms with E-state index in [2.05, 4.69) is 0 Å². The third-order valence-corrected chi connectivity index (χ3v) is 5.06. The number of carboxylic acid groups (broad SMARTS) is 1. The lowest BCUT2D eigenvalue weighted by Gasteiger charge is -2.30. The van der Waals surface area contributed by atoms with Crippen LogP contribution < -0.4 is 0 Å². The summed E-state index contributed by atoms with van der Waals surface area (Å²) in [4.78, 5) is 10.6. The van der Waals surface area contributed by atoms with Crippen LogP contribution in [0.1, 0.15) is 33.1 Å². The molecule has 0 saturated carbocycles. The van der Waals surface area contributed by atoms with Crippen molar-refractivity contribution in [3.05, 3.63) is 0 Å². The van der Waals surface area contributed by atoms with Gasteiger partial charge in [0.05, 0.1) is 18.5 Å². The number of aliphatic carboxylic acids is 1. The first-order valence-corrected chi connectivity index (χ1v) is 8.23. The van der Waals surface area contributed by atoms with Crippen molar-refractivity contribution in [3.63, 3.8) is 0 Å². The summed E-state index contributed by atoms with van der Waals surface area (Å²) in [6, 6.07) is 0. The Hall–Kier alpha value is -0.660. The fourth-order valence-corrected chi connectivity index (χ4v) is 3.49. The molecule has 0 amide bonds. The summed E-state index contributed by atoms with van der Waals surface area (Å²) in [6.07, 6.45) is 1.40. The van der Waals surface area contributed by atoms with Crippen LogP contribution in [0.2, 0.25) is 0 Å². The minimum absolute atomic E-state index is 0.00518. The molecular weight excluding hydrogens is 270 g/mol. The van der Waals surface area contributed by atoms with E-state index in [0.717, 1.165) is 0 Å². The van der Waals surface area contributed by atoms with Crippen LogP contribution in [0.25, 0.3) is 0 Å². The molecule has 1 fully saturated rings. The molecule has 0 aliphatic carbocycles. The highest BCUT2D eigenvalue weighted by atomic mass is 32.2. The van der Waals surface area contributed by atoms with E-state index in [1.54, 1.807) is 0 Å². The Kier molecular flexibility index (Phi) is 6.22. The number of carbonyl (C=O) groups is 1. The van der Waals surface area contributed by atoms with Crippen LogP contribution in [0, 0.1) is 5.92 Å². The average Bonchev–Trinajstić information content (AvgIpc) is 2.28. The van der Waals surface area contributed by atoms with Crippen LogP contribution in [-0.4, -0.2) is 55.4 Å². The van der Waals surface area contributed by atoms with E-state index in [-0.39, 0.29) is 30.8 Å². The van der Waals surface area contributed by atoms with Gasteiger partial charge in [0, 0.05) is 19.5 Å². The number of hydrogen-bond acceptors (Lipinski definition) is 4. The zero-order chi connectivity index (χ0) is 14.5. The van der Waals surface area contributed by atoms with Crippen molar-refractivity contribution in [2.75, 3.05) is 25.4 Å². The number of hydrogen-bond donors (Lipinski definition) is 1. The van der Waals surface area contributed by atoms with Gasteiger partial charge in [-0.05, 0) is 32.6 Å². The normalized spacial score (nSPS) is 18.9. The third kappa shape index (κ3) is 5.88. The lowest BCUT2D eigenvalue weighted by Crippen LogP contribution is -2.40. The van der Waals surface area contributed by atoms with Gasteiger partial charge in [0.1, 0.15) is 0 Å². The topological polar surface area (TPSA) is 83.9 Å². The Labute approximate surface area is 114 Å². The van der Waals surface area contributed by atoms with Crippen molar-refractivity contribution in [2.24, 2.45) is 5.92 Å². The smallest absolute Gasteiger partial charge is 0.303 e. The molecule has 0 bridgehead atoms. The Bertz CT molecular complexity index is 385. The van der Waals surface area contributed by atoms with E-state index in [1.165, 1.54) is 4.31 Å². The second-order valence-electron chi connectivity index (χ2n) is 5.18. The van der Waals surface area contributed by atoms with Crippen molar-refractivity contribution < 1.29 is 23.1 Å². The zero-order valence-corrected chi connectivity index (χ0v) is 12.4. The summed E-state index contributed by atoms with van der Waals surface area (Å²) < 4.78 is 30.8. The lowest BCUT2D eigenvalue weighted by atomic mass is 9.95. The molecular formula is C12H23NO5S. The maximum Gasteiger partial charge on any atom is 0.303 e. The van der Waals surface area contributed by atoms with E-state index in [0.29, 0.717) is 25.9 Å². The first kappa shape index (κ1) is 16.4. The monoisotopic (exact) mass is 293 g/mol. The molecule has 6 nitrogen and oxygen atoms in total. The molecule has 0 atom stereocenters. The minimum Gasteiger partial charge on any atom is -0.481 e. The Morgan fingerprint density at radius 2 is 1.95 bits per heavy atom. The molecule has 1 saturated heterocycles. The van der Waals surface area contributed by atoms with Gasteiger partial charge in [-0.2, -0.15) is 0 Å². The molecule has 1 aliphatic heterocycles. The van der Waals surface area contributed by atoms with Crippen LogP contribution in [0.15, 0.2) is 0 Å². The molecule has 1 heterocycles. The Morgan fingerprint density at radius 1 is 1.37 bits per heavy atom. The largest absolute Gasteiger partial charge is 0.481 e. The molecule has 1 aliphatic rings. The molecule has 1 rings (SSSR count). The number of nitrogens with zero attached hydrogens (tertiary/aromatic N) is 1. The quantitative estimate of drug-likeness (QED) is 0.755. The van der Waals surface area contributed by atoms with Gasteiger partial charge in [0.15, 0.2) is 0 Å². The molecule has 0 aromatic rings. The lowest BCUT2D eigenvalue weighted by molar-refractivity contribution is -0.138. The van der Waals surface area contributed by atoms with Gasteiger partial charge >= 0.3 is 5.97 Å². The maximum absolute atomic E-state index is 12.0. The zero-order valence-electron chi connectivity index (χ0n) is 11.5. The number of piperidine rings is 1. The van der Waals surface area contributed by atoms with Gasteiger partial charge in [0.25, 0.3) is 0 Å². The summed E-state index contributed by atoms with van der Waals surface area (Å²) in [5.41, 5.74) is 0. The highest BCUT2D eigenvalue weighted by Gasteiger charge is 2.28. The van der Waals surface area contributed by atoms with E-state index in [4.69, 9.17) is 9.84 Å². The van der Waals surface area contributed by atoms with E-state index >= 15 is 0 Å². The van der Waals surface area contributed by atoms with Crippen molar-refractivity contribution >= 4 is 16.0 Å². The number of carboxylic acids is 1. The van der Waals surface area contributed by atoms with Crippen LogP contribution in [0.5, 0.6) is 0 Å². The first-order chi connectivity index (χ1) is 8.81. The second-order valence-corrected chi connectivity index (χ2v) is 7.26. The van der Waals surface area contributed by atoms with E-state index in [9.17, 15) is 13.2 Å². The number of rotatable bonds is 7. The molecule has 112 valence electrons. The maximum atomic E-state index is 12.0. The molecule has 19 heavy (non-hydrogen) atoms. The molecule has 0 unspecified atom stereocenters. The minimum atomic E-state index is -3.27. The summed E-state index contributed by atoms with van der Waals surface area (Å²) in [7, 11) is -3.27. The summed E-state index contributed by atoms with van der Waals surface area (Å²) in [5.74, 6) is -0.725. The molecule has 0 aromatic carbocycles. The van der Waals surface area contributed by atoms with Gasteiger partial charge in [-0.15, -0.1) is 0 Å². The van der Waals surface area contributed by atoms with Crippen LogP contribution >= 0.6 is 0 Å². The predicted molar refractivity (Wildman–Crippen MR) is 71.4 cm³/mol. The molecule has 1 N–H and O–H groups in total. The van der Waals surface area contributed by atoms with Gasteiger partial charge < -0.3 is 9.84 Å². The van der Waals surface area contributed by atoms with Crippen molar-refractivity contribution in [1.29, 1.82) is 0 Å². The first-order valence-electron chi connectivity index (χ1n) is 6.62. The van der Waals surface area contributed by atoms with Gasteiger partial charge in [0.2, 0.25) is 10.0 Å². The van der Waals surface area contributed by atoms with Crippen LogP contribution in [0.3, 0.4) is 0 Å². The third-order valence-electron chi connectivity index (χ3n) is 3.22. The molecule has 0 spiro atoms. The fourth-order valence-electron chi connectivity index (χ4n) is 2.16. The number of sulfonamides is 1. The van der Waals surface area contributed by atoms with E-state index in [1.807, 2.05) is 13.8 Å². The Morgan fingerprint density at radius 3 is 2.42 bits per heavy atom. The predicted octanol–water partition coefficient (Wildman–Crippen LogP) is 0.928. The van der Waals surface area contributed by atoms with Crippen molar-refractivity contribution in [2.45, 2.75) is 39.2 Å². The SMILES string of the molecule is CC(C)OCCS(=O)(=O)N1CCC(CC(=O)O)CC1. The molecule has 7 heteroatoms. The van der Waals surface area contributed by atoms with Gasteiger partial charge in [-0.25, -0.2) is 12.7 Å². The van der Waals surface area contributed by atoms with Crippen LogP contribution in [-0.2, 0) is 19.6 Å². The second kappa shape index (κ2) is 7.21. The highest BCUT2D eigenvalue weighted by molar-refractivity contribution is 7.89. The molecule has 0 aromatic heterocycles. The Balaban J connectivity index is 2.38. The summed E-state index contributed by atoms with van der Waals surface area (Å²) in [5, 5.41) is 8.71. The van der Waals surface area contributed by atoms with E-state index < -0.39 is 16.0 Å². The highest BCUT2D eigenvalue weighted by Crippen LogP contribution is 2.22. The summed E-state index contributed by atoms with van der Waals surface area (Å²) in [6.45, 7) is 4.77. The van der Waals surface area contributed by atoms with Crippen LogP contribution in [0.4, 0.5) is 0 Å². The van der Waals surface area contributed by atoms with Crippen molar-refractivity contribution in [1.82, 2.24) is 4.31 Å². The average molecular weight is 293 g/mol. The van der Waals surface area contributed by atoms with Gasteiger partial charge in [-0.1, -0.05) is 0 Å². The molecule has 0 radical (unpaired) electrons. The standard InChI is InChI=1S/C12H23NO5S/c1-10(2)18-7-8-19(16,17)13-5-3-11(4-6-13)9-12(14)15/h10-11H,3-9H2,1-2H3,(H,14,15). The number of ether oxygens (including phenoxy) is 1. The van der Waals surface area contributed by atoms with Gasteiger partial charge in [-0.3, -0.25) is 4.79 Å².